The van der Waals surface area contributed by atoms with Crippen LogP contribution in [0.5, 0.6) is 0 Å². The van der Waals surface area contributed by atoms with Crippen molar-refractivity contribution in [2.45, 2.75) is 18.2 Å². The van der Waals surface area contributed by atoms with E-state index in [1.165, 1.54) is 12.1 Å². The van der Waals surface area contributed by atoms with Crippen LogP contribution < -0.4 is 4.31 Å². The first kappa shape index (κ1) is 17.0. The lowest BCUT2D eigenvalue weighted by molar-refractivity contribution is -0.136. The van der Waals surface area contributed by atoms with E-state index in [1.54, 1.807) is 36.4 Å². The molecule has 0 amide bonds. The highest BCUT2D eigenvalue weighted by atomic mass is 32.2. The monoisotopic (exact) mass is 359 g/mol. The molecule has 1 heterocycles. The molecule has 0 atom stereocenters. The minimum Gasteiger partial charge on any atom is -0.505 e. The first-order valence-electron chi connectivity index (χ1n) is 7.67. The van der Waals surface area contributed by atoms with Crippen LogP contribution in [0.4, 0.5) is 5.69 Å². The van der Waals surface area contributed by atoms with Crippen LogP contribution in [0.3, 0.4) is 0 Å². The Morgan fingerprint density at radius 2 is 1.76 bits per heavy atom. The zero-order valence-corrected chi connectivity index (χ0v) is 14.6. The molecule has 2 aromatic rings. The van der Waals surface area contributed by atoms with Crippen LogP contribution in [0.25, 0.3) is 5.76 Å². The minimum absolute atomic E-state index is 0.0638. The Morgan fingerprint density at radius 3 is 2.44 bits per heavy atom. The Labute approximate surface area is 146 Å². The summed E-state index contributed by atoms with van der Waals surface area (Å²) in [6.45, 7) is 1.88. The van der Waals surface area contributed by atoms with Gasteiger partial charge in [-0.25, -0.2) is 17.5 Å². The number of hydrogen-bond donors (Lipinski definition) is 1. The van der Waals surface area contributed by atoms with Crippen molar-refractivity contribution in [1.82, 2.24) is 0 Å². The van der Waals surface area contributed by atoms with E-state index in [2.05, 4.69) is 0 Å². The number of carbonyl (C=O) groups is 1. The third-order valence-corrected chi connectivity index (χ3v) is 5.83. The molecule has 3 rings (SSSR count). The summed E-state index contributed by atoms with van der Waals surface area (Å²) in [6.07, 6.45) is 0.555. The van der Waals surface area contributed by atoms with Gasteiger partial charge in [-0.1, -0.05) is 37.3 Å². The van der Waals surface area contributed by atoms with Gasteiger partial charge < -0.3 is 9.84 Å². The van der Waals surface area contributed by atoms with E-state index in [0.717, 1.165) is 17.0 Å². The van der Waals surface area contributed by atoms with Crippen LogP contribution in [-0.4, -0.2) is 26.6 Å². The predicted octanol–water partition coefficient (Wildman–Crippen LogP) is 2.86. The van der Waals surface area contributed by atoms with E-state index in [1.807, 2.05) is 6.92 Å². The molecule has 0 spiro atoms. The Kier molecular flexibility index (Phi) is 4.26. The van der Waals surface area contributed by atoms with Crippen molar-refractivity contribution in [1.29, 1.82) is 0 Å². The predicted molar refractivity (Wildman–Crippen MR) is 93.5 cm³/mol. The van der Waals surface area contributed by atoms with Crippen molar-refractivity contribution in [3.8, 4) is 0 Å². The topological polar surface area (TPSA) is 83.9 Å². The summed E-state index contributed by atoms with van der Waals surface area (Å²) in [4.78, 5) is 12.2. The highest BCUT2D eigenvalue weighted by Gasteiger charge is 2.42. The molecule has 2 aromatic carbocycles. The quantitative estimate of drug-likeness (QED) is 0.852. The Bertz CT molecular complexity index is 978. The van der Waals surface area contributed by atoms with Crippen molar-refractivity contribution >= 4 is 27.4 Å². The zero-order valence-electron chi connectivity index (χ0n) is 13.8. The molecule has 130 valence electrons. The largest absolute Gasteiger partial charge is 0.505 e. The first-order chi connectivity index (χ1) is 11.9. The number of esters is 1. The number of aliphatic hydroxyl groups excluding tert-OH is 1. The van der Waals surface area contributed by atoms with Gasteiger partial charge in [-0.3, -0.25) is 0 Å². The molecule has 1 aliphatic rings. The SMILES string of the molecule is CCc1ccccc1N1C(C(=O)OC)=C(O)c2ccccc2S1(=O)=O. The molecule has 1 aliphatic heterocycles. The van der Waals surface area contributed by atoms with Gasteiger partial charge in [0.25, 0.3) is 10.0 Å². The Hall–Kier alpha value is -2.80. The van der Waals surface area contributed by atoms with Crippen molar-refractivity contribution in [2.75, 3.05) is 11.4 Å². The highest BCUT2D eigenvalue weighted by molar-refractivity contribution is 7.93. The van der Waals surface area contributed by atoms with Crippen LogP contribution in [0, 0.1) is 0 Å². The maximum Gasteiger partial charge on any atom is 0.359 e. The van der Waals surface area contributed by atoms with Crippen molar-refractivity contribution in [3.05, 3.63) is 65.4 Å². The summed E-state index contributed by atoms with van der Waals surface area (Å²) in [6, 6.07) is 12.8. The van der Waals surface area contributed by atoms with Crippen molar-refractivity contribution < 1.29 is 23.1 Å². The number of aryl methyl sites for hydroxylation is 1. The van der Waals surface area contributed by atoms with Gasteiger partial charge >= 0.3 is 5.97 Å². The highest BCUT2D eigenvalue weighted by Crippen LogP contribution is 2.40. The molecule has 6 nitrogen and oxygen atoms in total. The van der Waals surface area contributed by atoms with E-state index < -0.39 is 27.4 Å². The van der Waals surface area contributed by atoms with Crippen LogP contribution in [0.15, 0.2) is 59.1 Å². The normalized spacial score (nSPS) is 15.7. The van der Waals surface area contributed by atoms with Gasteiger partial charge in [-0.15, -0.1) is 0 Å². The summed E-state index contributed by atoms with van der Waals surface area (Å²) in [7, 11) is -2.95. The van der Waals surface area contributed by atoms with Gasteiger partial charge in [0.15, 0.2) is 11.5 Å². The van der Waals surface area contributed by atoms with E-state index in [9.17, 15) is 18.3 Å². The lowest BCUT2D eigenvalue weighted by Crippen LogP contribution is -2.39. The fraction of sp³-hybridized carbons (Fsp3) is 0.167. The number of fused-ring (bicyclic) bond motifs is 1. The molecule has 0 aliphatic carbocycles. The van der Waals surface area contributed by atoms with Gasteiger partial charge in [0.1, 0.15) is 0 Å². The number of hydrogen-bond acceptors (Lipinski definition) is 5. The van der Waals surface area contributed by atoms with Gasteiger partial charge in [-0.2, -0.15) is 0 Å². The fourth-order valence-electron chi connectivity index (χ4n) is 2.86. The second-order valence-corrected chi connectivity index (χ2v) is 7.19. The van der Waals surface area contributed by atoms with Gasteiger partial charge in [-0.05, 0) is 30.2 Å². The average Bonchev–Trinajstić information content (AvgIpc) is 2.64. The Balaban J connectivity index is 2.40. The number of anilines is 1. The molecule has 25 heavy (non-hydrogen) atoms. The summed E-state index contributed by atoms with van der Waals surface area (Å²) in [5.41, 5.74) is 0.696. The third-order valence-electron chi connectivity index (χ3n) is 4.06. The van der Waals surface area contributed by atoms with Crippen LogP contribution in [0.2, 0.25) is 0 Å². The molecular formula is C18H17NO5S. The molecule has 0 aromatic heterocycles. The third kappa shape index (κ3) is 2.56. The van der Waals surface area contributed by atoms with Gasteiger partial charge in [0.2, 0.25) is 0 Å². The molecule has 0 unspecified atom stereocenters. The maximum atomic E-state index is 13.2. The van der Waals surface area contributed by atoms with Crippen molar-refractivity contribution in [2.24, 2.45) is 0 Å². The smallest absolute Gasteiger partial charge is 0.359 e. The van der Waals surface area contributed by atoms with Gasteiger partial charge in [0.05, 0.1) is 17.7 Å². The van der Waals surface area contributed by atoms with E-state index in [4.69, 9.17) is 4.74 Å². The number of rotatable bonds is 3. The maximum absolute atomic E-state index is 13.2. The zero-order chi connectivity index (χ0) is 18.2. The number of nitrogens with zero attached hydrogens (tertiary/aromatic N) is 1. The number of aliphatic hydroxyl groups is 1. The molecule has 7 heteroatoms. The minimum atomic E-state index is -4.09. The van der Waals surface area contributed by atoms with E-state index in [-0.39, 0.29) is 10.5 Å². The lowest BCUT2D eigenvalue weighted by Gasteiger charge is -2.32. The molecular weight excluding hydrogens is 342 g/mol. The molecule has 0 bridgehead atoms. The summed E-state index contributed by atoms with van der Waals surface area (Å²) >= 11 is 0. The van der Waals surface area contributed by atoms with Crippen LogP contribution in [-0.2, 0) is 26.0 Å². The number of sulfonamides is 1. The summed E-state index contributed by atoms with van der Waals surface area (Å²) in [5, 5.41) is 10.6. The van der Waals surface area contributed by atoms with E-state index >= 15 is 0 Å². The molecule has 0 fully saturated rings. The molecule has 0 saturated heterocycles. The van der Waals surface area contributed by atoms with Crippen molar-refractivity contribution in [3.63, 3.8) is 0 Å². The number of methoxy groups -OCH3 is 1. The second-order valence-electron chi connectivity index (χ2n) is 5.44. The Morgan fingerprint density at radius 1 is 1.12 bits per heavy atom. The van der Waals surface area contributed by atoms with Gasteiger partial charge in [0, 0.05) is 5.56 Å². The number of para-hydroxylation sites is 1. The number of benzene rings is 2. The second kappa shape index (κ2) is 6.25. The standard InChI is InChI=1S/C18H17NO5S/c1-3-12-8-4-6-10-14(12)19-16(18(21)24-2)17(20)13-9-5-7-11-15(13)25(19,22)23/h4-11,20H,3H2,1-2H3. The summed E-state index contributed by atoms with van der Waals surface area (Å²) in [5.74, 6) is -1.36. The van der Waals surface area contributed by atoms with Crippen LogP contribution >= 0.6 is 0 Å². The number of ether oxygens (including phenoxy) is 1. The van der Waals surface area contributed by atoms with E-state index in [0.29, 0.717) is 12.1 Å². The number of carbonyl (C=O) groups excluding carboxylic acids is 1. The first-order valence-corrected chi connectivity index (χ1v) is 9.11. The molecule has 0 saturated carbocycles. The average molecular weight is 359 g/mol. The molecule has 0 radical (unpaired) electrons. The fourth-order valence-corrected chi connectivity index (χ4v) is 4.59. The van der Waals surface area contributed by atoms with Crippen LogP contribution in [0.1, 0.15) is 18.1 Å². The summed E-state index contributed by atoms with van der Waals surface area (Å²) < 4.78 is 32.0. The lowest BCUT2D eigenvalue weighted by atomic mass is 10.1. The molecule has 1 N–H and O–H groups in total.